The quantitative estimate of drug-likeness (QED) is 0.600. The molecule has 2 aromatic carbocycles. The Morgan fingerprint density at radius 1 is 1.00 bits per heavy atom. The number of carbonyl (C=O) groups excluding carboxylic acids is 2. The summed E-state index contributed by atoms with van der Waals surface area (Å²) in [5, 5.41) is 0. The van der Waals surface area contributed by atoms with Gasteiger partial charge in [-0.15, -0.1) is 0 Å². The van der Waals surface area contributed by atoms with E-state index in [1.54, 1.807) is 12.1 Å². The molecular formula is C18H17FO5. The second-order valence-electron chi connectivity index (χ2n) is 5.03. The summed E-state index contributed by atoms with van der Waals surface area (Å²) in [4.78, 5) is 24.2. The molecule has 0 saturated carbocycles. The average molecular weight is 332 g/mol. The third kappa shape index (κ3) is 3.90. The Balaban J connectivity index is 2.09. The molecule has 0 amide bonds. The number of benzene rings is 2. The van der Waals surface area contributed by atoms with Gasteiger partial charge in [0.2, 0.25) is 5.78 Å². The van der Waals surface area contributed by atoms with E-state index in [1.807, 2.05) is 6.92 Å². The van der Waals surface area contributed by atoms with E-state index in [2.05, 4.69) is 0 Å². The van der Waals surface area contributed by atoms with Crippen LogP contribution in [0.15, 0.2) is 36.4 Å². The smallest absolute Gasteiger partial charge is 0.338 e. The molecule has 0 bridgehead atoms. The fourth-order valence-corrected chi connectivity index (χ4v) is 2.14. The second kappa shape index (κ2) is 7.59. The highest BCUT2D eigenvalue weighted by molar-refractivity contribution is 6.01. The molecule has 2 rings (SSSR count). The van der Waals surface area contributed by atoms with Gasteiger partial charge in [0.15, 0.2) is 6.61 Å². The monoisotopic (exact) mass is 332 g/mol. The molecule has 0 aromatic heterocycles. The predicted molar refractivity (Wildman–Crippen MR) is 85.3 cm³/mol. The number of carbonyl (C=O) groups is 2. The summed E-state index contributed by atoms with van der Waals surface area (Å²) >= 11 is 0. The number of esters is 1. The van der Waals surface area contributed by atoms with Crippen molar-refractivity contribution >= 4 is 11.8 Å². The topological polar surface area (TPSA) is 61.8 Å². The van der Waals surface area contributed by atoms with E-state index in [4.69, 9.17) is 14.2 Å². The van der Waals surface area contributed by atoms with Crippen molar-refractivity contribution in [3.8, 4) is 11.5 Å². The number of ketones is 1. The van der Waals surface area contributed by atoms with Crippen LogP contribution >= 0.6 is 0 Å². The number of hydrogen-bond acceptors (Lipinski definition) is 5. The van der Waals surface area contributed by atoms with E-state index in [0.29, 0.717) is 5.75 Å². The number of ether oxygens (including phenoxy) is 3. The van der Waals surface area contributed by atoms with Crippen LogP contribution in [-0.2, 0) is 4.74 Å². The average Bonchev–Trinajstić information content (AvgIpc) is 2.59. The molecule has 0 aliphatic carbocycles. The Kier molecular flexibility index (Phi) is 5.52. The predicted octanol–water partition coefficient (Wildman–Crippen LogP) is 3.19. The van der Waals surface area contributed by atoms with Crippen molar-refractivity contribution in [2.24, 2.45) is 0 Å². The van der Waals surface area contributed by atoms with Crippen LogP contribution in [0.1, 0.15) is 26.3 Å². The molecule has 0 unspecified atom stereocenters. The Hall–Kier alpha value is -2.89. The first-order valence-electron chi connectivity index (χ1n) is 7.14. The van der Waals surface area contributed by atoms with Gasteiger partial charge in [0.25, 0.3) is 0 Å². The van der Waals surface area contributed by atoms with Gasteiger partial charge in [-0.2, -0.15) is 0 Å². The molecule has 2 aromatic rings. The van der Waals surface area contributed by atoms with Gasteiger partial charge in [0.1, 0.15) is 17.3 Å². The largest absolute Gasteiger partial charge is 0.496 e. The molecular weight excluding hydrogens is 315 g/mol. The number of Topliss-reactive ketones (excluding diaryl/α,β-unsaturated/α-hetero) is 1. The van der Waals surface area contributed by atoms with Crippen LogP contribution in [0.4, 0.5) is 4.39 Å². The van der Waals surface area contributed by atoms with E-state index in [9.17, 15) is 14.0 Å². The molecule has 0 aliphatic rings. The molecule has 0 saturated heterocycles. The maximum Gasteiger partial charge on any atom is 0.338 e. The molecule has 0 aliphatic heterocycles. The first-order valence-corrected chi connectivity index (χ1v) is 7.14. The fourth-order valence-electron chi connectivity index (χ4n) is 2.14. The van der Waals surface area contributed by atoms with E-state index < -0.39 is 24.2 Å². The van der Waals surface area contributed by atoms with Crippen LogP contribution in [0, 0.1) is 12.7 Å². The fraction of sp³-hybridized carbons (Fsp3) is 0.222. The van der Waals surface area contributed by atoms with Gasteiger partial charge < -0.3 is 14.2 Å². The zero-order chi connectivity index (χ0) is 17.7. The summed E-state index contributed by atoms with van der Waals surface area (Å²) in [5.41, 5.74) is 1.15. The van der Waals surface area contributed by atoms with Gasteiger partial charge in [-0.3, -0.25) is 4.79 Å². The number of methoxy groups -OCH3 is 2. The van der Waals surface area contributed by atoms with E-state index >= 15 is 0 Å². The summed E-state index contributed by atoms with van der Waals surface area (Å²) in [6.45, 7) is 1.32. The number of aryl methyl sites for hydroxylation is 1. The van der Waals surface area contributed by atoms with E-state index in [0.717, 1.165) is 11.6 Å². The molecule has 126 valence electrons. The number of halogens is 1. The molecule has 0 atom stereocenters. The summed E-state index contributed by atoms with van der Waals surface area (Å²) in [6.07, 6.45) is 0. The van der Waals surface area contributed by atoms with Crippen molar-refractivity contribution < 1.29 is 28.2 Å². The van der Waals surface area contributed by atoms with Crippen LogP contribution in [0.2, 0.25) is 0 Å². The highest BCUT2D eigenvalue weighted by Crippen LogP contribution is 2.21. The summed E-state index contributed by atoms with van der Waals surface area (Å²) in [7, 11) is 2.87. The first-order chi connectivity index (χ1) is 11.5. The maximum absolute atomic E-state index is 13.3. The lowest BCUT2D eigenvalue weighted by Crippen LogP contribution is -2.15. The normalized spacial score (nSPS) is 10.2. The van der Waals surface area contributed by atoms with Crippen LogP contribution in [-0.4, -0.2) is 32.6 Å². The summed E-state index contributed by atoms with van der Waals surface area (Å²) in [5.74, 6) is -1.04. The highest BCUT2D eigenvalue weighted by Gasteiger charge is 2.17. The first kappa shape index (κ1) is 17.5. The Morgan fingerprint density at radius 3 is 2.38 bits per heavy atom. The van der Waals surface area contributed by atoms with Crippen molar-refractivity contribution in [1.82, 2.24) is 0 Å². The number of rotatable bonds is 6. The summed E-state index contributed by atoms with van der Waals surface area (Å²) < 4.78 is 28.5. The number of hydrogen-bond donors (Lipinski definition) is 0. The van der Waals surface area contributed by atoms with Crippen molar-refractivity contribution in [2.45, 2.75) is 6.92 Å². The summed E-state index contributed by atoms with van der Waals surface area (Å²) in [6, 6.07) is 8.39. The third-order valence-corrected chi connectivity index (χ3v) is 3.44. The van der Waals surface area contributed by atoms with Crippen LogP contribution in [0.3, 0.4) is 0 Å². The minimum atomic E-state index is -0.669. The SMILES string of the molecule is COc1cc(C(=O)OCC(=O)c2cc(F)ccc2OC)ccc1C. The second-order valence-corrected chi connectivity index (χ2v) is 5.03. The lowest BCUT2D eigenvalue weighted by atomic mass is 10.1. The Labute approximate surface area is 139 Å². The van der Waals surface area contributed by atoms with Crippen LogP contribution < -0.4 is 9.47 Å². The lowest BCUT2D eigenvalue weighted by Gasteiger charge is -2.09. The third-order valence-electron chi connectivity index (χ3n) is 3.44. The zero-order valence-electron chi connectivity index (χ0n) is 13.6. The molecule has 0 heterocycles. The van der Waals surface area contributed by atoms with E-state index in [1.165, 1.54) is 32.4 Å². The molecule has 0 N–H and O–H groups in total. The molecule has 0 fully saturated rings. The molecule has 5 nitrogen and oxygen atoms in total. The standard InChI is InChI=1S/C18H17FO5/c1-11-4-5-12(8-17(11)23-3)18(21)24-10-15(20)14-9-13(19)6-7-16(14)22-2/h4-9H,10H2,1-3H3. The highest BCUT2D eigenvalue weighted by atomic mass is 19.1. The van der Waals surface area contributed by atoms with Crippen molar-refractivity contribution in [3.05, 3.63) is 58.9 Å². The van der Waals surface area contributed by atoms with Gasteiger partial charge >= 0.3 is 5.97 Å². The van der Waals surface area contributed by atoms with Gasteiger partial charge in [0, 0.05) is 0 Å². The molecule has 6 heteroatoms. The Morgan fingerprint density at radius 2 is 1.71 bits per heavy atom. The van der Waals surface area contributed by atoms with Gasteiger partial charge in [-0.25, -0.2) is 9.18 Å². The van der Waals surface area contributed by atoms with Crippen molar-refractivity contribution in [1.29, 1.82) is 0 Å². The van der Waals surface area contributed by atoms with Gasteiger partial charge in [0.05, 0.1) is 25.3 Å². The Bertz CT molecular complexity index is 770. The van der Waals surface area contributed by atoms with Gasteiger partial charge in [-0.05, 0) is 42.8 Å². The van der Waals surface area contributed by atoms with Crippen LogP contribution in [0.25, 0.3) is 0 Å². The van der Waals surface area contributed by atoms with Crippen molar-refractivity contribution in [3.63, 3.8) is 0 Å². The zero-order valence-corrected chi connectivity index (χ0v) is 13.6. The minimum Gasteiger partial charge on any atom is -0.496 e. The minimum absolute atomic E-state index is 0.0202. The lowest BCUT2D eigenvalue weighted by molar-refractivity contribution is 0.0473. The molecule has 0 spiro atoms. The molecule has 0 radical (unpaired) electrons. The maximum atomic E-state index is 13.3. The van der Waals surface area contributed by atoms with Gasteiger partial charge in [-0.1, -0.05) is 6.07 Å². The van der Waals surface area contributed by atoms with Crippen LogP contribution in [0.5, 0.6) is 11.5 Å². The molecule has 24 heavy (non-hydrogen) atoms. The van der Waals surface area contributed by atoms with Crippen molar-refractivity contribution in [2.75, 3.05) is 20.8 Å². The van der Waals surface area contributed by atoms with E-state index in [-0.39, 0.29) is 16.9 Å².